The van der Waals surface area contributed by atoms with Gasteiger partial charge in [0.2, 0.25) is 0 Å². The zero-order valence-electron chi connectivity index (χ0n) is 13.3. The number of carbonyl (C=O) groups excluding carboxylic acids is 1. The summed E-state index contributed by atoms with van der Waals surface area (Å²) in [5.41, 5.74) is 2.07. The van der Waals surface area contributed by atoms with Gasteiger partial charge in [-0.05, 0) is 81.0 Å². The number of nitrogens with zero attached hydrogens (tertiary/aromatic N) is 1. The summed E-state index contributed by atoms with van der Waals surface area (Å²) in [5, 5.41) is 3.30. The highest BCUT2D eigenvalue weighted by atomic mass is 16.1. The van der Waals surface area contributed by atoms with Gasteiger partial charge in [-0.15, -0.1) is 0 Å². The molecule has 1 N–H and O–H groups in total. The molecule has 0 radical (unpaired) electrons. The molecule has 1 heterocycles. The Hall–Kier alpha value is -1.51. The highest BCUT2D eigenvalue weighted by molar-refractivity contribution is 5.94. The number of benzene rings is 1. The van der Waals surface area contributed by atoms with E-state index < -0.39 is 0 Å². The lowest BCUT2D eigenvalue weighted by molar-refractivity contribution is 0.0926. The molecule has 22 heavy (non-hydrogen) atoms. The summed E-state index contributed by atoms with van der Waals surface area (Å²) < 4.78 is 0. The Morgan fingerprint density at radius 2 is 1.55 bits per heavy atom. The monoisotopic (exact) mass is 298 g/mol. The average Bonchev–Trinajstić information content (AvgIpc) is 3.47. The maximum Gasteiger partial charge on any atom is 0.251 e. The van der Waals surface area contributed by atoms with Crippen molar-refractivity contribution in [2.75, 3.05) is 18.0 Å². The molecule has 0 aromatic heterocycles. The maximum atomic E-state index is 12.5. The van der Waals surface area contributed by atoms with Crippen LogP contribution in [0.5, 0.6) is 0 Å². The zero-order valence-corrected chi connectivity index (χ0v) is 13.3. The fraction of sp³-hybridized carbons (Fsp3) is 0.632. The first-order valence-electron chi connectivity index (χ1n) is 8.97. The van der Waals surface area contributed by atoms with Crippen molar-refractivity contribution < 1.29 is 4.79 Å². The molecule has 0 atom stereocenters. The number of nitrogens with one attached hydrogen (secondary N) is 1. The zero-order chi connectivity index (χ0) is 14.9. The van der Waals surface area contributed by atoms with Crippen molar-refractivity contribution in [2.24, 2.45) is 11.8 Å². The molecule has 0 spiro atoms. The predicted octanol–water partition coefficient (Wildman–Crippen LogP) is 3.60. The first-order valence-corrected chi connectivity index (χ1v) is 8.97. The molecule has 1 aromatic rings. The summed E-state index contributed by atoms with van der Waals surface area (Å²) >= 11 is 0. The lowest BCUT2D eigenvalue weighted by Crippen LogP contribution is -2.38. The number of rotatable bonds is 5. The second-order valence-corrected chi connectivity index (χ2v) is 7.27. The molecule has 0 bridgehead atoms. The maximum absolute atomic E-state index is 12.5. The van der Waals surface area contributed by atoms with Gasteiger partial charge < -0.3 is 10.2 Å². The van der Waals surface area contributed by atoms with E-state index in [1.54, 1.807) is 0 Å². The summed E-state index contributed by atoms with van der Waals surface area (Å²) in [7, 11) is 0. The predicted molar refractivity (Wildman–Crippen MR) is 89.2 cm³/mol. The lowest BCUT2D eigenvalue weighted by atomic mass is 10.1. The van der Waals surface area contributed by atoms with Crippen LogP contribution in [0.2, 0.25) is 0 Å². The van der Waals surface area contributed by atoms with Crippen LogP contribution >= 0.6 is 0 Å². The van der Waals surface area contributed by atoms with Crippen molar-refractivity contribution in [3.05, 3.63) is 29.8 Å². The van der Waals surface area contributed by atoms with E-state index in [0.717, 1.165) is 30.5 Å². The van der Waals surface area contributed by atoms with Crippen LogP contribution in [0.25, 0.3) is 0 Å². The van der Waals surface area contributed by atoms with Crippen LogP contribution in [-0.2, 0) is 0 Å². The number of piperidine rings is 1. The van der Waals surface area contributed by atoms with Crippen molar-refractivity contribution in [1.82, 2.24) is 5.32 Å². The SMILES string of the molecule is O=C(NC(C1CC1)C1CC1)c1ccc(N2CCCCC2)cc1. The van der Waals surface area contributed by atoms with Gasteiger partial charge >= 0.3 is 0 Å². The fourth-order valence-corrected chi connectivity index (χ4v) is 3.74. The van der Waals surface area contributed by atoms with Crippen molar-refractivity contribution in [3.8, 4) is 0 Å². The van der Waals surface area contributed by atoms with E-state index >= 15 is 0 Å². The molecule has 1 saturated heterocycles. The smallest absolute Gasteiger partial charge is 0.251 e. The summed E-state index contributed by atoms with van der Waals surface area (Å²) in [6.45, 7) is 2.30. The minimum atomic E-state index is 0.119. The van der Waals surface area contributed by atoms with Gasteiger partial charge in [0.05, 0.1) is 0 Å². The molecule has 2 saturated carbocycles. The molecule has 1 aromatic carbocycles. The molecule has 3 heteroatoms. The first-order chi connectivity index (χ1) is 10.8. The van der Waals surface area contributed by atoms with E-state index in [4.69, 9.17) is 0 Å². The van der Waals surface area contributed by atoms with E-state index in [1.807, 2.05) is 12.1 Å². The van der Waals surface area contributed by atoms with E-state index in [2.05, 4.69) is 22.3 Å². The highest BCUT2D eigenvalue weighted by Gasteiger charge is 2.42. The van der Waals surface area contributed by atoms with Gasteiger partial charge in [-0.3, -0.25) is 4.79 Å². The molecule has 0 unspecified atom stereocenters. The number of hydrogen-bond acceptors (Lipinski definition) is 2. The molecular formula is C19H26N2O. The molecule has 3 nitrogen and oxygen atoms in total. The Kier molecular flexibility index (Phi) is 3.81. The van der Waals surface area contributed by atoms with Gasteiger partial charge in [-0.2, -0.15) is 0 Å². The molecular weight excluding hydrogens is 272 g/mol. The van der Waals surface area contributed by atoms with Crippen LogP contribution in [0.4, 0.5) is 5.69 Å². The molecule has 1 amide bonds. The quantitative estimate of drug-likeness (QED) is 0.901. The highest BCUT2D eigenvalue weighted by Crippen LogP contribution is 2.44. The van der Waals surface area contributed by atoms with Crippen LogP contribution in [0.15, 0.2) is 24.3 Å². The Morgan fingerprint density at radius 3 is 2.09 bits per heavy atom. The average molecular weight is 298 g/mol. The summed E-state index contributed by atoms with van der Waals surface area (Å²) in [6, 6.07) is 8.66. The minimum absolute atomic E-state index is 0.119. The first kappa shape index (κ1) is 14.1. The second kappa shape index (κ2) is 5.94. The van der Waals surface area contributed by atoms with Crippen LogP contribution in [0.3, 0.4) is 0 Å². The van der Waals surface area contributed by atoms with Crippen molar-refractivity contribution in [2.45, 2.75) is 51.0 Å². The molecule has 3 fully saturated rings. The molecule has 2 aliphatic carbocycles. The molecule has 3 aliphatic rings. The number of carbonyl (C=O) groups is 1. The van der Waals surface area contributed by atoms with Crippen LogP contribution in [0.1, 0.15) is 55.3 Å². The summed E-state index contributed by atoms with van der Waals surface area (Å²) in [5.74, 6) is 1.63. The van der Waals surface area contributed by atoms with Gasteiger partial charge in [0, 0.05) is 30.4 Å². The molecule has 1 aliphatic heterocycles. The minimum Gasteiger partial charge on any atom is -0.372 e. The topological polar surface area (TPSA) is 32.3 Å². The van der Waals surface area contributed by atoms with Crippen LogP contribution in [-0.4, -0.2) is 25.0 Å². The van der Waals surface area contributed by atoms with E-state index in [0.29, 0.717) is 6.04 Å². The number of hydrogen-bond donors (Lipinski definition) is 1. The third kappa shape index (κ3) is 3.13. The van der Waals surface area contributed by atoms with Gasteiger partial charge in [0.15, 0.2) is 0 Å². The third-order valence-corrected chi connectivity index (χ3v) is 5.41. The number of amides is 1. The fourth-order valence-electron chi connectivity index (χ4n) is 3.74. The van der Waals surface area contributed by atoms with Crippen molar-refractivity contribution in [3.63, 3.8) is 0 Å². The van der Waals surface area contributed by atoms with Gasteiger partial charge in [0.1, 0.15) is 0 Å². The Bertz CT molecular complexity index is 513. The number of anilines is 1. The van der Waals surface area contributed by atoms with Crippen LogP contribution in [0, 0.1) is 11.8 Å². The second-order valence-electron chi connectivity index (χ2n) is 7.27. The van der Waals surface area contributed by atoms with E-state index in [-0.39, 0.29) is 5.91 Å². The summed E-state index contributed by atoms with van der Waals surface area (Å²) in [4.78, 5) is 14.9. The summed E-state index contributed by atoms with van der Waals surface area (Å²) in [6.07, 6.45) is 9.12. The van der Waals surface area contributed by atoms with Gasteiger partial charge in [-0.1, -0.05) is 0 Å². The normalized spacial score (nSPS) is 22.0. The van der Waals surface area contributed by atoms with Gasteiger partial charge in [-0.25, -0.2) is 0 Å². The Morgan fingerprint density at radius 1 is 0.955 bits per heavy atom. The molecule has 4 rings (SSSR count). The van der Waals surface area contributed by atoms with Crippen molar-refractivity contribution in [1.29, 1.82) is 0 Å². The van der Waals surface area contributed by atoms with Crippen molar-refractivity contribution >= 4 is 11.6 Å². The van der Waals surface area contributed by atoms with Gasteiger partial charge in [0.25, 0.3) is 5.91 Å². The van der Waals surface area contributed by atoms with E-state index in [9.17, 15) is 4.79 Å². The largest absolute Gasteiger partial charge is 0.372 e. The van der Waals surface area contributed by atoms with E-state index in [1.165, 1.54) is 50.6 Å². The Balaban J connectivity index is 1.40. The molecule has 118 valence electrons. The standard InChI is InChI=1S/C19H26N2O/c22-19(20-18(14-4-5-14)15-6-7-15)16-8-10-17(11-9-16)21-12-2-1-3-13-21/h8-11,14-15,18H,1-7,12-13H2,(H,20,22). The Labute approximate surface area is 133 Å². The third-order valence-electron chi connectivity index (χ3n) is 5.41. The lowest BCUT2D eigenvalue weighted by Gasteiger charge is -2.28. The van der Waals surface area contributed by atoms with Crippen LogP contribution < -0.4 is 10.2 Å².